The minimum absolute atomic E-state index is 0.134. The smallest absolute Gasteiger partial charge is 0.328 e. The van der Waals surface area contributed by atoms with Gasteiger partial charge in [-0.3, -0.25) is 76.7 Å². The third-order valence-corrected chi connectivity index (χ3v) is 20.7. The maximum Gasteiger partial charge on any atom is 0.328 e. The lowest BCUT2D eigenvalue weighted by Gasteiger charge is -2.29. The molecule has 21 N–H and O–H groups in total. The van der Waals surface area contributed by atoms with Gasteiger partial charge in [0.05, 0.1) is 25.5 Å². The summed E-state index contributed by atoms with van der Waals surface area (Å²) in [6, 6.07) is -4.26. The predicted molar refractivity (Wildman–Crippen MR) is 423 cm³/mol. The summed E-state index contributed by atoms with van der Waals surface area (Å²) in [6.07, 6.45) is -3.06. The van der Waals surface area contributed by atoms with Gasteiger partial charge in [-0.05, 0) is 91.8 Å². The van der Waals surface area contributed by atoms with Gasteiger partial charge >= 0.3 is 17.9 Å². The summed E-state index contributed by atoms with van der Waals surface area (Å²) in [5.41, 5.74) is 2.09. The number of fused-ring (bicyclic) bond motifs is 2. The molecule has 13 atom stereocenters. The van der Waals surface area contributed by atoms with Crippen LogP contribution < -0.4 is 74.4 Å². The Morgan fingerprint density at radius 3 is 1.63 bits per heavy atom. The lowest BCUT2D eigenvalue weighted by atomic mass is 9.98. The number of aromatic hydroxyl groups is 1. The molecule has 0 radical (unpaired) electrons. The number of phenolic OH excluding ortho intramolecular Hbond substituents is 1. The summed E-state index contributed by atoms with van der Waals surface area (Å²) < 4.78 is 14.5. The van der Waals surface area contributed by atoms with Crippen molar-refractivity contribution < 1.29 is 111 Å². The predicted octanol–water partition coefficient (Wildman–Crippen LogP) is -1.09. The number of carboxylic acids is 3. The summed E-state index contributed by atoms with van der Waals surface area (Å²) >= 11 is 0. The van der Waals surface area contributed by atoms with Crippen molar-refractivity contribution in [2.75, 3.05) is 18.1 Å². The van der Waals surface area contributed by atoms with E-state index < -0.39 is 265 Å². The molecule has 0 saturated carbocycles. The normalized spacial score (nSPS) is 22.1. The number of phenols is 1. The molecule has 6 rings (SSSR count). The Hall–Kier alpha value is -11.9. The summed E-state index contributed by atoms with van der Waals surface area (Å²) in [4.78, 5) is 244. The molecule has 1 unspecified atom stereocenters. The second-order valence-electron chi connectivity index (χ2n) is 29.3. The number of benzene rings is 3. The van der Waals surface area contributed by atoms with Crippen molar-refractivity contribution in [3.63, 3.8) is 0 Å². The number of carbonyl (C=O) groups is 17. The molecule has 117 heavy (non-hydrogen) atoms. The average molecular weight is 1670 g/mol. The number of carbonyl (C=O) groups excluding carboxylic acids is 14. The average Bonchev–Trinajstić information content (AvgIpc) is 1.70. The number of para-hydroxylation sites is 2. The van der Waals surface area contributed by atoms with E-state index in [1.165, 1.54) is 26.1 Å². The van der Waals surface area contributed by atoms with Gasteiger partial charge in [0.25, 0.3) is 0 Å². The van der Waals surface area contributed by atoms with Gasteiger partial charge < -0.3 is 110 Å². The van der Waals surface area contributed by atoms with Crippen molar-refractivity contribution in [1.29, 1.82) is 0 Å². The van der Waals surface area contributed by atoms with Crippen LogP contribution >= 0.6 is 21.6 Å². The van der Waals surface area contributed by atoms with E-state index in [9.17, 15) is 102 Å². The van der Waals surface area contributed by atoms with E-state index in [0.29, 0.717) is 54.5 Å². The van der Waals surface area contributed by atoms with Crippen LogP contribution in [0.25, 0.3) is 21.8 Å². The summed E-state index contributed by atoms with van der Waals surface area (Å²) in [5, 5.41) is 85.4. The first-order valence-electron chi connectivity index (χ1n) is 37.5. The third-order valence-electron chi connectivity index (χ3n) is 18.3. The Bertz CT molecular complexity index is 4450. The number of aliphatic hydroxyl groups excluding tert-OH is 1. The standard InChI is InChI=1S/C76H101FN16O22S2/c1-35(2)22-50-66(104)81-32-60(98)84-49(19-21-61(99)100)67(105)87-51(23-36(3)4)72(110)92-63(37(5)6)75(113)89-53(26-43-31-79-48-17-13-11-15-45(43)48)69(107)91-57(74(112)93-64(39(8)94)76(114)115)34-117-116-33-56(90-71(109)55(28-62(101)102)83-40(9)95)73(111)82-38(7)65(103)85-52(25-42-30-78-47-16-12-10-14-44(42)47)68(106)88-54(70(108)86-50)27-59(97)80-29-41-18-20-58(96)46(77)24-41/h10-18,20,24,30-31,35-39,49-57,63-64,78-79,94,96H,19,21-23,25-29,32-34H2,1-9H3,(H,80,97)(H,81,104)(H,82,111)(H,83,95)(H,84,98)(H,85,103)(H,86,108)(H,87,105)(H,88,106)(H,89,113)(H,90,109)(H,91,107)(H,92,110)(H,93,112)(H,99,100)(H,101,102)(H,114,115)/t38-,39+,49-,50-,51-,52-,53-,54-,55-,56-,57-,63?,64-/m0/s1. The summed E-state index contributed by atoms with van der Waals surface area (Å²) in [7, 11) is 1.41. The van der Waals surface area contributed by atoms with Gasteiger partial charge in [-0.15, -0.1) is 0 Å². The van der Waals surface area contributed by atoms with Gasteiger partial charge in [0.15, 0.2) is 17.6 Å². The van der Waals surface area contributed by atoms with Crippen molar-refractivity contribution in [2.24, 2.45) is 17.8 Å². The van der Waals surface area contributed by atoms with Gasteiger partial charge in [-0.2, -0.15) is 0 Å². The number of aliphatic carboxylic acids is 3. The largest absolute Gasteiger partial charge is 0.505 e. The van der Waals surface area contributed by atoms with Crippen molar-refractivity contribution >= 4 is 144 Å². The molecule has 0 bridgehead atoms. The molecule has 0 spiro atoms. The quantitative estimate of drug-likeness (QED) is 0.0309. The molecule has 1 fully saturated rings. The van der Waals surface area contributed by atoms with E-state index in [0.717, 1.165) is 32.9 Å². The van der Waals surface area contributed by atoms with Crippen LogP contribution in [0, 0.1) is 23.6 Å². The first-order valence-corrected chi connectivity index (χ1v) is 40.0. The molecular weight excluding hydrogens is 1570 g/mol. The van der Waals surface area contributed by atoms with Crippen LogP contribution in [0.15, 0.2) is 79.1 Å². The van der Waals surface area contributed by atoms with Gasteiger partial charge in [0.1, 0.15) is 66.5 Å². The summed E-state index contributed by atoms with van der Waals surface area (Å²) in [6.45, 7) is 11.6. The molecule has 1 aliphatic heterocycles. The van der Waals surface area contributed by atoms with E-state index in [1.807, 2.05) is 0 Å². The molecule has 3 aromatic carbocycles. The van der Waals surface area contributed by atoms with Crippen LogP contribution in [0.5, 0.6) is 5.75 Å². The second kappa shape index (κ2) is 44.8. The fourth-order valence-corrected chi connectivity index (χ4v) is 14.6. The van der Waals surface area contributed by atoms with Crippen LogP contribution in [0.4, 0.5) is 4.39 Å². The Labute approximate surface area is 678 Å². The maximum atomic E-state index is 15.1. The zero-order chi connectivity index (χ0) is 86.7. The summed E-state index contributed by atoms with van der Waals surface area (Å²) in [5.74, 6) is -24.6. The number of hydrogen-bond donors (Lipinski definition) is 21. The lowest BCUT2D eigenvalue weighted by Crippen LogP contribution is -2.61. The fraction of sp³-hybridized carbons (Fsp3) is 0.487. The molecule has 5 aromatic rings. The van der Waals surface area contributed by atoms with Gasteiger partial charge in [-0.1, -0.05) is 106 Å². The van der Waals surface area contributed by atoms with Gasteiger partial charge in [0, 0.05) is 78.4 Å². The molecule has 1 saturated heterocycles. The van der Waals surface area contributed by atoms with Crippen molar-refractivity contribution in [1.82, 2.24) is 84.4 Å². The zero-order valence-electron chi connectivity index (χ0n) is 65.6. The number of aromatic nitrogens is 2. The zero-order valence-corrected chi connectivity index (χ0v) is 67.2. The topological polar surface area (TPSA) is 591 Å². The van der Waals surface area contributed by atoms with E-state index in [4.69, 9.17) is 0 Å². The molecule has 2 aromatic heterocycles. The van der Waals surface area contributed by atoms with Crippen molar-refractivity contribution in [3.05, 3.63) is 102 Å². The third kappa shape index (κ3) is 29.7. The number of aromatic amines is 2. The van der Waals surface area contributed by atoms with Crippen LogP contribution in [-0.4, -0.2) is 233 Å². The van der Waals surface area contributed by atoms with Crippen LogP contribution in [-0.2, 0) is 101 Å². The maximum absolute atomic E-state index is 15.1. The first kappa shape index (κ1) is 94.0. The number of amides is 14. The van der Waals surface area contributed by atoms with Gasteiger partial charge in [0.2, 0.25) is 82.7 Å². The van der Waals surface area contributed by atoms with Crippen LogP contribution in [0.3, 0.4) is 0 Å². The lowest BCUT2D eigenvalue weighted by molar-refractivity contribution is -0.145. The highest BCUT2D eigenvalue weighted by atomic mass is 33.1. The molecule has 14 amide bonds. The molecule has 636 valence electrons. The SMILES string of the molecule is CC(=O)N[C@@H](CC(=O)O)C(=O)N[C@H]1CSSC[C@@H](C(=O)N[C@H](C(=O)O)[C@@H](C)O)NC(=O)[C@H](Cc2c[nH]c3ccccc23)NC(=O)C(C(C)C)NC(=O)[C@H](CC(C)C)NC(=O)[C@H](CCC(=O)O)NC(=O)CNC(=O)[C@H](CC(C)C)NC(=O)[C@H](CC(=O)NCc2ccc(O)c(F)c2)NC(=O)[C@H](Cc2c[nH]c3ccccc23)NC(=O)[C@H](C)NC1=O. The minimum Gasteiger partial charge on any atom is -0.505 e. The van der Waals surface area contributed by atoms with E-state index in [1.54, 1.807) is 82.4 Å². The minimum atomic E-state index is -2.00. The number of nitrogens with one attached hydrogen (secondary N) is 16. The molecule has 1 aliphatic rings. The Kier molecular flexibility index (Phi) is 36.0. The number of hydrogen-bond acceptors (Lipinski definition) is 21. The number of rotatable bonds is 25. The second-order valence-corrected chi connectivity index (χ2v) is 31.8. The molecule has 3 heterocycles. The van der Waals surface area contributed by atoms with Crippen LogP contribution in [0.1, 0.15) is 118 Å². The van der Waals surface area contributed by atoms with Crippen molar-refractivity contribution in [2.45, 2.75) is 199 Å². The number of halogens is 1. The highest BCUT2D eigenvalue weighted by molar-refractivity contribution is 8.76. The van der Waals surface area contributed by atoms with E-state index >= 15 is 9.59 Å². The Balaban J connectivity index is 1.48. The highest BCUT2D eigenvalue weighted by Crippen LogP contribution is 2.26. The Morgan fingerprint density at radius 1 is 0.573 bits per heavy atom. The van der Waals surface area contributed by atoms with Crippen LogP contribution in [0.2, 0.25) is 0 Å². The molecule has 38 nitrogen and oxygen atoms in total. The number of H-pyrrole nitrogens is 2. The van der Waals surface area contributed by atoms with E-state index in [2.05, 4.69) is 84.4 Å². The Morgan fingerprint density at radius 2 is 1.09 bits per heavy atom. The molecular formula is C76H101FN16O22S2. The number of aliphatic hydroxyl groups is 1. The molecule has 0 aliphatic carbocycles. The monoisotopic (exact) mass is 1670 g/mol. The highest BCUT2D eigenvalue weighted by Gasteiger charge is 2.39. The van der Waals surface area contributed by atoms with Gasteiger partial charge in [-0.25, -0.2) is 9.18 Å². The van der Waals surface area contributed by atoms with E-state index in [-0.39, 0.29) is 24.8 Å². The fourth-order valence-electron chi connectivity index (χ4n) is 12.2. The van der Waals surface area contributed by atoms with Crippen molar-refractivity contribution in [3.8, 4) is 5.75 Å². The molecule has 41 heteroatoms. The first-order chi connectivity index (χ1) is 55.2. The number of carboxylic acid groups (broad SMARTS) is 3.